The van der Waals surface area contributed by atoms with E-state index in [0.717, 1.165) is 27.6 Å². The highest BCUT2D eigenvalue weighted by atomic mass is 16.5. The lowest BCUT2D eigenvalue weighted by Crippen LogP contribution is -2.15. The molecule has 3 aromatic rings. The maximum absolute atomic E-state index is 12.0. The number of benzene rings is 3. The molecule has 3 heteroatoms. The molecule has 1 unspecified atom stereocenters. The van der Waals surface area contributed by atoms with Gasteiger partial charge in [0.2, 0.25) is 0 Å². The summed E-state index contributed by atoms with van der Waals surface area (Å²) in [5.74, 6) is -0.0954. The molecule has 0 heterocycles. The van der Waals surface area contributed by atoms with Crippen molar-refractivity contribution >= 4 is 16.7 Å². The summed E-state index contributed by atoms with van der Waals surface area (Å²) < 4.78 is 5.70. The Morgan fingerprint density at radius 1 is 0.962 bits per heavy atom. The second-order valence-electron chi connectivity index (χ2n) is 7.01. The van der Waals surface area contributed by atoms with Crippen molar-refractivity contribution in [3.63, 3.8) is 0 Å². The van der Waals surface area contributed by atoms with Crippen LogP contribution in [0.1, 0.15) is 30.9 Å². The van der Waals surface area contributed by atoms with Gasteiger partial charge in [-0.2, -0.15) is 0 Å². The van der Waals surface area contributed by atoms with Crippen molar-refractivity contribution in [2.45, 2.75) is 26.2 Å². The first-order valence-electron chi connectivity index (χ1n) is 8.97. The summed E-state index contributed by atoms with van der Waals surface area (Å²) >= 11 is 0. The van der Waals surface area contributed by atoms with Gasteiger partial charge >= 0.3 is 5.97 Å². The first-order valence-corrected chi connectivity index (χ1v) is 8.97. The van der Waals surface area contributed by atoms with Gasteiger partial charge in [-0.15, -0.1) is 0 Å². The average molecular weight is 348 g/mol. The second-order valence-corrected chi connectivity index (χ2v) is 7.01. The number of aliphatic carboxylic acids is 1. The molecule has 134 valence electrons. The Labute approximate surface area is 154 Å². The van der Waals surface area contributed by atoms with Gasteiger partial charge in [-0.3, -0.25) is 4.79 Å². The summed E-state index contributed by atoms with van der Waals surface area (Å²) in [4.78, 5) is 12.0. The summed E-state index contributed by atoms with van der Waals surface area (Å²) in [6, 6.07) is 21.5. The lowest BCUT2D eigenvalue weighted by atomic mass is 9.88. The highest BCUT2D eigenvalue weighted by molar-refractivity contribution is 5.90. The zero-order chi connectivity index (χ0) is 18.5. The van der Waals surface area contributed by atoms with Gasteiger partial charge in [-0.1, -0.05) is 68.4 Å². The minimum Gasteiger partial charge on any atom is -0.493 e. The lowest BCUT2D eigenvalue weighted by Gasteiger charge is -2.16. The van der Waals surface area contributed by atoms with Gasteiger partial charge in [-0.25, -0.2) is 0 Å². The second kappa shape index (κ2) is 8.05. The van der Waals surface area contributed by atoms with Crippen LogP contribution >= 0.6 is 0 Å². The van der Waals surface area contributed by atoms with Crippen LogP contribution in [0.5, 0.6) is 5.75 Å². The Morgan fingerprint density at radius 3 is 2.35 bits per heavy atom. The summed E-state index contributed by atoms with van der Waals surface area (Å²) in [5, 5.41) is 11.9. The molecule has 3 nitrogen and oxygen atoms in total. The quantitative estimate of drug-likeness (QED) is 0.631. The molecule has 0 aromatic heterocycles. The van der Waals surface area contributed by atoms with Gasteiger partial charge in [0.1, 0.15) is 5.75 Å². The van der Waals surface area contributed by atoms with Gasteiger partial charge in [0.15, 0.2) is 0 Å². The number of carboxylic acid groups (broad SMARTS) is 1. The normalized spacial score (nSPS) is 12.3. The highest BCUT2D eigenvalue weighted by Crippen LogP contribution is 2.29. The summed E-state index contributed by atoms with van der Waals surface area (Å²) in [5.41, 5.74) is 1.85. The molecule has 3 rings (SSSR count). The Bertz CT molecular complexity index is 876. The molecule has 0 amide bonds. The molecule has 0 spiro atoms. The Kier molecular flexibility index (Phi) is 5.57. The molecule has 0 aliphatic rings. The number of hydrogen-bond acceptors (Lipinski definition) is 2. The van der Waals surface area contributed by atoms with Crippen molar-refractivity contribution in [2.24, 2.45) is 5.92 Å². The Balaban J connectivity index is 1.84. The smallest absolute Gasteiger partial charge is 0.311 e. The molecule has 0 fully saturated rings. The van der Waals surface area contributed by atoms with E-state index in [-0.39, 0.29) is 0 Å². The average Bonchev–Trinajstić information content (AvgIpc) is 2.65. The summed E-state index contributed by atoms with van der Waals surface area (Å²) in [6.07, 6.45) is 0.452. The molecule has 0 aliphatic heterocycles. The number of rotatable bonds is 7. The van der Waals surface area contributed by atoms with E-state index in [9.17, 15) is 9.90 Å². The molecule has 0 bridgehead atoms. The fourth-order valence-electron chi connectivity index (χ4n) is 3.10. The first kappa shape index (κ1) is 18.0. The Morgan fingerprint density at radius 2 is 1.65 bits per heavy atom. The number of carboxylic acids is 1. The van der Waals surface area contributed by atoms with Crippen LogP contribution in [0.4, 0.5) is 0 Å². The van der Waals surface area contributed by atoms with Crippen molar-refractivity contribution in [3.8, 4) is 5.75 Å². The van der Waals surface area contributed by atoms with Crippen molar-refractivity contribution in [3.05, 3.63) is 77.9 Å². The standard InChI is InChI=1S/C23H24O3/c1-16(2)15-26-19-12-10-17(11-13-19)14-22(23(24)25)21-9-5-7-18-6-3-4-8-20(18)21/h3-13,16,22H,14-15H2,1-2H3,(H,24,25). The maximum Gasteiger partial charge on any atom is 0.311 e. The molecular weight excluding hydrogens is 324 g/mol. The molecule has 0 saturated carbocycles. The van der Waals surface area contributed by atoms with E-state index in [2.05, 4.69) is 13.8 Å². The van der Waals surface area contributed by atoms with Crippen LogP contribution in [0.25, 0.3) is 10.8 Å². The molecule has 1 atom stereocenters. The Hall–Kier alpha value is -2.81. The molecule has 3 aromatic carbocycles. The predicted molar refractivity (Wildman–Crippen MR) is 105 cm³/mol. The topological polar surface area (TPSA) is 46.5 Å². The molecule has 0 radical (unpaired) electrons. The van der Waals surface area contributed by atoms with Crippen LogP contribution in [-0.4, -0.2) is 17.7 Å². The third-order valence-corrected chi connectivity index (χ3v) is 4.44. The van der Waals surface area contributed by atoms with E-state index >= 15 is 0 Å². The van der Waals surface area contributed by atoms with Crippen LogP contribution in [0.3, 0.4) is 0 Å². The van der Waals surface area contributed by atoms with E-state index < -0.39 is 11.9 Å². The number of ether oxygens (including phenoxy) is 1. The van der Waals surface area contributed by atoms with Crippen LogP contribution in [0, 0.1) is 5.92 Å². The third kappa shape index (κ3) is 4.23. The van der Waals surface area contributed by atoms with Gasteiger partial charge in [0.25, 0.3) is 0 Å². The lowest BCUT2D eigenvalue weighted by molar-refractivity contribution is -0.138. The van der Waals surface area contributed by atoms with E-state index in [4.69, 9.17) is 4.74 Å². The van der Waals surface area contributed by atoms with Crippen molar-refractivity contribution < 1.29 is 14.6 Å². The minimum absolute atomic E-state index is 0.452. The van der Waals surface area contributed by atoms with Gasteiger partial charge in [0.05, 0.1) is 12.5 Å². The zero-order valence-corrected chi connectivity index (χ0v) is 15.2. The molecular formula is C23H24O3. The summed E-state index contributed by atoms with van der Waals surface area (Å²) in [7, 11) is 0. The fourth-order valence-corrected chi connectivity index (χ4v) is 3.10. The number of fused-ring (bicyclic) bond motifs is 1. The van der Waals surface area contributed by atoms with E-state index in [1.54, 1.807) is 0 Å². The maximum atomic E-state index is 12.0. The van der Waals surface area contributed by atoms with Gasteiger partial charge < -0.3 is 9.84 Å². The fraction of sp³-hybridized carbons (Fsp3) is 0.261. The van der Waals surface area contributed by atoms with Crippen molar-refractivity contribution in [2.75, 3.05) is 6.61 Å². The number of hydrogen-bond donors (Lipinski definition) is 1. The van der Waals surface area contributed by atoms with Gasteiger partial charge in [-0.05, 0) is 46.4 Å². The van der Waals surface area contributed by atoms with Gasteiger partial charge in [0, 0.05) is 0 Å². The predicted octanol–water partition coefficient (Wildman–Crippen LogP) is 5.29. The van der Waals surface area contributed by atoms with E-state index in [0.29, 0.717) is 18.9 Å². The number of carbonyl (C=O) groups is 1. The van der Waals surface area contributed by atoms with Crippen molar-refractivity contribution in [1.82, 2.24) is 0 Å². The minimum atomic E-state index is -0.804. The third-order valence-electron chi connectivity index (χ3n) is 4.44. The SMILES string of the molecule is CC(C)COc1ccc(CC(C(=O)O)c2cccc3ccccc23)cc1. The van der Waals surface area contributed by atoms with E-state index in [1.165, 1.54) is 0 Å². The molecule has 1 N–H and O–H groups in total. The van der Waals surface area contributed by atoms with Crippen LogP contribution in [0.2, 0.25) is 0 Å². The van der Waals surface area contributed by atoms with E-state index in [1.807, 2.05) is 66.7 Å². The molecule has 26 heavy (non-hydrogen) atoms. The summed E-state index contributed by atoms with van der Waals surface area (Å²) in [6.45, 7) is 4.89. The zero-order valence-electron chi connectivity index (χ0n) is 15.2. The molecule has 0 aliphatic carbocycles. The first-order chi connectivity index (χ1) is 12.5. The van der Waals surface area contributed by atoms with Crippen molar-refractivity contribution in [1.29, 1.82) is 0 Å². The highest BCUT2D eigenvalue weighted by Gasteiger charge is 2.22. The largest absolute Gasteiger partial charge is 0.493 e. The van der Waals surface area contributed by atoms with Crippen LogP contribution < -0.4 is 4.74 Å². The molecule has 0 saturated heterocycles. The monoisotopic (exact) mass is 348 g/mol. The van der Waals surface area contributed by atoms with Crippen LogP contribution in [-0.2, 0) is 11.2 Å². The van der Waals surface area contributed by atoms with Crippen LogP contribution in [0.15, 0.2) is 66.7 Å².